The second-order valence-corrected chi connectivity index (χ2v) is 5.31. The molecule has 0 saturated carbocycles. The molecule has 0 radical (unpaired) electrons. The fourth-order valence-electron chi connectivity index (χ4n) is 2.49. The quantitative estimate of drug-likeness (QED) is 0.843. The third-order valence-corrected chi connectivity index (χ3v) is 3.74. The van der Waals surface area contributed by atoms with Crippen LogP contribution in [0.2, 0.25) is 0 Å². The number of aryl methyl sites for hydroxylation is 1. The molecule has 114 valence electrons. The van der Waals surface area contributed by atoms with Gasteiger partial charge in [-0.25, -0.2) is 0 Å². The van der Waals surface area contributed by atoms with Gasteiger partial charge >= 0.3 is 5.97 Å². The second-order valence-electron chi connectivity index (χ2n) is 5.31. The van der Waals surface area contributed by atoms with Gasteiger partial charge in [-0.2, -0.15) is 0 Å². The highest BCUT2D eigenvalue weighted by Crippen LogP contribution is 2.23. The zero-order chi connectivity index (χ0) is 15.2. The van der Waals surface area contributed by atoms with Crippen molar-refractivity contribution in [2.75, 3.05) is 32.6 Å². The Morgan fingerprint density at radius 2 is 2.19 bits per heavy atom. The Bertz CT molecular complexity index is 528. The summed E-state index contributed by atoms with van der Waals surface area (Å²) in [6.07, 6.45) is 3.05. The predicted molar refractivity (Wildman–Crippen MR) is 81.5 cm³/mol. The lowest BCUT2D eigenvalue weighted by molar-refractivity contribution is -0.140. The average molecular weight is 290 g/mol. The minimum Gasteiger partial charge on any atom is -0.469 e. The molecule has 0 bridgehead atoms. The predicted octanol–water partition coefficient (Wildman–Crippen LogP) is 2.07. The van der Waals surface area contributed by atoms with Crippen LogP contribution in [0.15, 0.2) is 18.2 Å². The number of hydrogen-bond donors (Lipinski definition) is 1. The normalized spacial score (nSPS) is 13.0. The van der Waals surface area contributed by atoms with Crippen molar-refractivity contribution in [1.82, 2.24) is 4.90 Å². The molecule has 1 aliphatic rings. The number of amides is 1. The molecular weight excluding hydrogens is 268 g/mol. The topological polar surface area (TPSA) is 58.6 Å². The maximum Gasteiger partial charge on any atom is 0.305 e. The van der Waals surface area contributed by atoms with Gasteiger partial charge in [-0.1, -0.05) is 0 Å². The number of esters is 1. The molecule has 2 rings (SSSR count). The summed E-state index contributed by atoms with van der Waals surface area (Å²) in [5, 5.41) is 3.33. The Labute approximate surface area is 125 Å². The first kappa shape index (κ1) is 15.4. The molecule has 0 spiro atoms. The van der Waals surface area contributed by atoms with Gasteiger partial charge in [0.05, 0.1) is 7.11 Å². The molecule has 1 aliphatic heterocycles. The number of hydrogen-bond acceptors (Lipinski definition) is 4. The monoisotopic (exact) mass is 290 g/mol. The van der Waals surface area contributed by atoms with Crippen LogP contribution >= 0.6 is 0 Å². The lowest BCUT2D eigenvalue weighted by atomic mass is 10.0. The maximum atomic E-state index is 12.4. The zero-order valence-corrected chi connectivity index (χ0v) is 12.6. The van der Waals surface area contributed by atoms with Crippen molar-refractivity contribution in [3.05, 3.63) is 29.3 Å². The molecule has 0 saturated heterocycles. The molecule has 1 aromatic carbocycles. The molecule has 5 nitrogen and oxygen atoms in total. The third kappa shape index (κ3) is 3.97. The molecule has 1 heterocycles. The van der Waals surface area contributed by atoms with E-state index in [0.29, 0.717) is 24.9 Å². The first-order chi connectivity index (χ1) is 10.1. The van der Waals surface area contributed by atoms with Gasteiger partial charge in [-0.05, 0) is 43.0 Å². The van der Waals surface area contributed by atoms with Gasteiger partial charge in [-0.15, -0.1) is 0 Å². The first-order valence-electron chi connectivity index (χ1n) is 7.31. The fourth-order valence-corrected chi connectivity index (χ4v) is 2.49. The summed E-state index contributed by atoms with van der Waals surface area (Å²) in [5.74, 6) is -0.246. The number of carbonyl (C=O) groups excluding carboxylic acids is 2. The summed E-state index contributed by atoms with van der Waals surface area (Å²) in [4.78, 5) is 25.1. The molecule has 1 N–H and O–H groups in total. The summed E-state index contributed by atoms with van der Waals surface area (Å²) in [7, 11) is 3.13. The van der Waals surface area contributed by atoms with Crippen molar-refractivity contribution in [1.29, 1.82) is 0 Å². The van der Waals surface area contributed by atoms with Crippen LogP contribution in [0.4, 0.5) is 5.69 Å². The zero-order valence-electron chi connectivity index (χ0n) is 12.6. The standard InChI is InChI=1S/C16H22N2O3/c1-18(10-4-6-15(19)21-2)16(20)13-7-8-14-12(11-13)5-3-9-17-14/h7-8,11,17H,3-6,9-10H2,1-2H3. The van der Waals surface area contributed by atoms with E-state index < -0.39 is 0 Å². The highest BCUT2D eigenvalue weighted by atomic mass is 16.5. The Morgan fingerprint density at radius 1 is 1.38 bits per heavy atom. The number of benzene rings is 1. The van der Waals surface area contributed by atoms with Gasteiger partial charge in [0.1, 0.15) is 0 Å². The third-order valence-electron chi connectivity index (χ3n) is 3.74. The number of rotatable bonds is 5. The number of carbonyl (C=O) groups is 2. The Kier molecular flexibility index (Phi) is 5.20. The van der Waals surface area contributed by atoms with Crippen LogP contribution < -0.4 is 5.32 Å². The minimum absolute atomic E-state index is 0.00626. The van der Waals surface area contributed by atoms with E-state index in [2.05, 4.69) is 10.1 Å². The summed E-state index contributed by atoms with van der Waals surface area (Å²) in [6.45, 7) is 1.54. The van der Waals surface area contributed by atoms with E-state index in [0.717, 1.165) is 25.1 Å². The SMILES string of the molecule is COC(=O)CCCN(C)C(=O)c1ccc2c(c1)CCCN2. The number of fused-ring (bicyclic) bond motifs is 1. The van der Waals surface area contributed by atoms with Crippen LogP contribution in [-0.4, -0.2) is 44.0 Å². The fraction of sp³-hybridized carbons (Fsp3) is 0.500. The van der Waals surface area contributed by atoms with Crippen molar-refractivity contribution >= 4 is 17.6 Å². The molecule has 21 heavy (non-hydrogen) atoms. The first-order valence-corrected chi connectivity index (χ1v) is 7.31. The molecule has 0 aliphatic carbocycles. The summed E-state index contributed by atoms with van der Waals surface area (Å²) in [5.41, 5.74) is 3.04. The van der Waals surface area contributed by atoms with Crippen molar-refractivity contribution in [2.45, 2.75) is 25.7 Å². The van der Waals surface area contributed by atoms with E-state index in [1.165, 1.54) is 12.7 Å². The van der Waals surface area contributed by atoms with E-state index in [9.17, 15) is 9.59 Å². The number of methoxy groups -OCH3 is 1. The van der Waals surface area contributed by atoms with Gasteiger partial charge in [-0.3, -0.25) is 9.59 Å². The highest BCUT2D eigenvalue weighted by Gasteiger charge is 2.15. The molecular formula is C16H22N2O3. The van der Waals surface area contributed by atoms with Crippen LogP contribution in [-0.2, 0) is 16.0 Å². The Balaban J connectivity index is 1.94. The van der Waals surface area contributed by atoms with Gasteiger partial charge in [0.25, 0.3) is 5.91 Å². The van der Waals surface area contributed by atoms with E-state index in [-0.39, 0.29) is 11.9 Å². The van der Waals surface area contributed by atoms with Crippen molar-refractivity contribution in [3.63, 3.8) is 0 Å². The highest BCUT2D eigenvalue weighted by molar-refractivity contribution is 5.94. The van der Waals surface area contributed by atoms with E-state index in [1.54, 1.807) is 11.9 Å². The lowest BCUT2D eigenvalue weighted by Gasteiger charge is -2.21. The number of nitrogens with one attached hydrogen (secondary N) is 1. The molecule has 1 amide bonds. The van der Waals surface area contributed by atoms with Crippen molar-refractivity contribution in [3.8, 4) is 0 Å². The largest absolute Gasteiger partial charge is 0.469 e. The van der Waals surface area contributed by atoms with Crippen molar-refractivity contribution in [2.24, 2.45) is 0 Å². The van der Waals surface area contributed by atoms with Crippen LogP contribution in [0, 0.1) is 0 Å². The van der Waals surface area contributed by atoms with E-state index >= 15 is 0 Å². The number of anilines is 1. The van der Waals surface area contributed by atoms with E-state index in [4.69, 9.17) is 0 Å². The van der Waals surface area contributed by atoms with Gasteiger partial charge < -0.3 is 15.0 Å². The molecule has 1 aromatic rings. The van der Waals surface area contributed by atoms with E-state index in [1.807, 2.05) is 18.2 Å². The van der Waals surface area contributed by atoms with Crippen molar-refractivity contribution < 1.29 is 14.3 Å². The van der Waals surface area contributed by atoms with Crippen LogP contribution in [0.3, 0.4) is 0 Å². The smallest absolute Gasteiger partial charge is 0.305 e. The van der Waals surface area contributed by atoms with Crippen LogP contribution in [0.25, 0.3) is 0 Å². The number of nitrogens with zero attached hydrogens (tertiary/aromatic N) is 1. The Hall–Kier alpha value is -2.04. The summed E-state index contributed by atoms with van der Waals surface area (Å²) >= 11 is 0. The molecule has 0 aromatic heterocycles. The Morgan fingerprint density at radius 3 is 2.95 bits per heavy atom. The molecule has 0 atom stereocenters. The summed E-state index contributed by atoms with van der Waals surface area (Å²) in [6, 6.07) is 5.81. The second kappa shape index (κ2) is 7.11. The lowest BCUT2D eigenvalue weighted by Crippen LogP contribution is -2.28. The average Bonchev–Trinajstić information content (AvgIpc) is 2.53. The minimum atomic E-state index is -0.240. The molecule has 0 unspecified atom stereocenters. The molecule has 0 fully saturated rings. The van der Waals surface area contributed by atoms with Crippen LogP contribution in [0.1, 0.15) is 35.2 Å². The summed E-state index contributed by atoms with van der Waals surface area (Å²) < 4.78 is 4.59. The van der Waals surface area contributed by atoms with Crippen LogP contribution in [0.5, 0.6) is 0 Å². The van der Waals surface area contributed by atoms with Gasteiger partial charge in [0.15, 0.2) is 0 Å². The van der Waals surface area contributed by atoms with Gasteiger partial charge in [0, 0.05) is 37.8 Å². The number of ether oxygens (including phenoxy) is 1. The maximum absolute atomic E-state index is 12.4. The molecule has 5 heteroatoms. The van der Waals surface area contributed by atoms with Gasteiger partial charge in [0.2, 0.25) is 0 Å².